The van der Waals surface area contributed by atoms with Crippen molar-refractivity contribution in [1.82, 2.24) is 0 Å². The van der Waals surface area contributed by atoms with E-state index in [0.717, 1.165) is 26.4 Å². The molecular formula is C10H24Cl4O2. The molecule has 0 bridgehead atoms. The van der Waals surface area contributed by atoms with Gasteiger partial charge in [0.15, 0.2) is 0 Å². The zero-order valence-electron chi connectivity index (χ0n) is 9.52. The van der Waals surface area contributed by atoms with E-state index in [1.165, 1.54) is 38.5 Å². The van der Waals surface area contributed by atoms with Crippen LogP contribution >= 0.6 is 49.6 Å². The number of hydrogen-bond acceptors (Lipinski definition) is 2. The Hall–Kier alpha value is 1.08. The minimum atomic E-state index is 0. The van der Waals surface area contributed by atoms with Gasteiger partial charge in [0.25, 0.3) is 0 Å². The van der Waals surface area contributed by atoms with Crippen LogP contribution in [0.15, 0.2) is 0 Å². The summed E-state index contributed by atoms with van der Waals surface area (Å²) in [5.41, 5.74) is 0. The van der Waals surface area contributed by atoms with E-state index < -0.39 is 0 Å². The van der Waals surface area contributed by atoms with Gasteiger partial charge in [-0.25, -0.2) is 0 Å². The van der Waals surface area contributed by atoms with Crippen molar-refractivity contribution >= 4 is 49.6 Å². The van der Waals surface area contributed by atoms with Crippen molar-refractivity contribution in [3.63, 3.8) is 0 Å². The van der Waals surface area contributed by atoms with Crippen molar-refractivity contribution in [3.05, 3.63) is 0 Å². The second-order valence-corrected chi connectivity index (χ2v) is 3.35. The maximum atomic E-state index is 5.07. The van der Waals surface area contributed by atoms with Gasteiger partial charge < -0.3 is 9.47 Å². The molecule has 0 aliphatic carbocycles. The van der Waals surface area contributed by atoms with Gasteiger partial charge in [-0.1, -0.05) is 0 Å². The average Bonchev–Trinajstić information content (AvgIpc) is 2.24. The zero-order valence-corrected chi connectivity index (χ0v) is 12.8. The quantitative estimate of drug-likeness (QED) is 0.670. The average molecular weight is 318 g/mol. The Labute approximate surface area is 124 Å². The minimum Gasteiger partial charge on any atom is -0.381 e. The number of rotatable bonds is 0. The maximum absolute atomic E-state index is 5.07. The van der Waals surface area contributed by atoms with Gasteiger partial charge in [0.05, 0.1) is 0 Å². The second kappa shape index (κ2) is 21.4. The first-order chi connectivity index (χ1) is 6.00. The summed E-state index contributed by atoms with van der Waals surface area (Å²) < 4.78 is 10.1. The van der Waals surface area contributed by atoms with Crippen LogP contribution in [-0.4, -0.2) is 26.4 Å². The summed E-state index contributed by atoms with van der Waals surface area (Å²) in [5.74, 6) is 0. The zero-order chi connectivity index (χ0) is 8.49. The Morgan fingerprint density at radius 1 is 0.375 bits per heavy atom. The fourth-order valence-corrected chi connectivity index (χ4v) is 1.37. The molecule has 0 aromatic carbocycles. The van der Waals surface area contributed by atoms with E-state index in [-0.39, 0.29) is 49.6 Å². The van der Waals surface area contributed by atoms with Crippen LogP contribution in [-0.2, 0) is 9.47 Å². The van der Waals surface area contributed by atoms with Crippen LogP contribution in [0.5, 0.6) is 0 Å². The van der Waals surface area contributed by atoms with E-state index >= 15 is 0 Å². The van der Waals surface area contributed by atoms with Crippen molar-refractivity contribution in [2.75, 3.05) is 26.4 Å². The molecule has 0 spiro atoms. The third-order valence-electron chi connectivity index (χ3n) is 2.15. The molecular weight excluding hydrogens is 294 g/mol. The normalized spacial score (nSPS) is 18.0. The van der Waals surface area contributed by atoms with Crippen molar-refractivity contribution in [3.8, 4) is 0 Å². The van der Waals surface area contributed by atoms with Gasteiger partial charge in [-0.05, 0) is 38.5 Å². The molecule has 0 radical (unpaired) electrons. The predicted molar refractivity (Wildman–Crippen MR) is 78.3 cm³/mol. The van der Waals surface area contributed by atoms with E-state index in [1.54, 1.807) is 0 Å². The maximum Gasteiger partial charge on any atom is 0.0466 e. The smallest absolute Gasteiger partial charge is 0.0466 e. The van der Waals surface area contributed by atoms with Crippen LogP contribution in [0.25, 0.3) is 0 Å². The summed E-state index contributed by atoms with van der Waals surface area (Å²) in [5, 5.41) is 0. The molecule has 0 atom stereocenters. The van der Waals surface area contributed by atoms with Crippen LogP contribution < -0.4 is 0 Å². The molecule has 0 saturated carbocycles. The molecule has 0 aromatic heterocycles. The van der Waals surface area contributed by atoms with Gasteiger partial charge in [0.1, 0.15) is 0 Å². The lowest BCUT2D eigenvalue weighted by molar-refractivity contribution is 0.0967. The predicted octanol–water partition coefficient (Wildman–Crippen LogP) is 4.06. The Morgan fingerprint density at radius 3 is 0.688 bits per heavy atom. The first-order valence-electron chi connectivity index (χ1n) is 5.15. The van der Waals surface area contributed by atoms with Crippen molar-refractivity contribution in [1.29, 1.82) is 0 Å². The van der Waals surface area contributed by atoms with Gasteiger partial charge in [-0.2, -0.15) is 0 Å². The van der Waals surface area contributed by atoms with E-state index in [2.05, 4.69) is 0 Å². The summed E-state index contributed by atoms with van der Waals surface area (Å²) in [7, 11) is 0. The van der Waals surface area contributed by atoms with Gasteiger partial charge in [-0.3, -0.25) is 0 Å². The molecule has 2 aliphatic rings. The SMILES string of the molecule is C1CCOCC1.C1CCOCC1.Cl.Cl.Cl.Cl. The van der Waals surface area contributed by atoms with Crippen LogP contribution in [0, 0.1) is 0 Å². The topological polar surface area (TPSA) is 18.5 Å². The van der Waals surface area contributed by atoms with Gasteiger partial charge in [0, 0.05) is 26.4 Å². The van der Waals surface area contributed by atoms with E-state index in [9.17, 15) is 0 Å². The highest BCUT2D eigenvalue weighted by Gasteiger charge is 1.95. The largest absolute Gasteiger partial charge is 0.381 e. The van der Waals surface area contributed by atoms with E-state index in [1.807, 2.05) is 0 Å². The van der Waals surface area contributed by atoms with Crippen LogP contribution in [0.2, 0.25) is 0 Å². The molecule has 2 saturated heterocycles. The third kappa shape index (κ3) is 17.5. The molecule has 16 heavy (non-hydrogen) atoms. The van der Waals surface area contributed by atoms with Gasteiger partial charge >= 0.3 is 0 Å². The molecule has 0 N–H and O–H groups in total. The molecule has 2 rings (SSSR count). The molecule has 104 valence electrons. The van der Waals surface area contributed by atoms with Crippen molar-refractivity contribution in [2.45, 2.75) is 38.5 Å². The Balaban J connectivity index is -0.0000000720. The number of ether oxygens (including phenoxy) is 2. The molecule has 2 nitrogen and oxygen atoms in total. The molecule has 2 aliphatic heterocycles. The summed E-state index contributed by atoms with van der Waals surface area (Å²) >= 11 is 0. The monoisotopic (exact) mass is 316 g/mol. The van der Waals surface area contributed by atoms with E-state index in [4.69, 9.17) is 9.47 Å². The van der Waals surface area contributed by atoms with E-state index in [0.29, 0.717) is 0 Å². The number of halogens is 4. The van der Waals surface area contributed by atoms with Crippen molar-refractivity contribution in [2.24, 2.45) is 0 Å². The van der Waals surface area contributed by atoms with Crippen LogP contribution in [0.4, 0.5) is 0 Å². The Morgan fingerprint density at radius 2 is 0.625 bits per heavy atom. The number of hydrogen-bond donors (Lipinski definition) is 0. The Kier molecular flexibility index (Phi) is 34.5. The molecule has 0 amide bonds. The summed E-state index contributed by atoms with van der Waals surface area (Å²) in [6.45, 7) is 4.00. The lowest BCUT2D eigenvalue weighted by Gasteiger charge is -2.08. The molecule has 0 unspecified atom stereocenters. The van der Waals surface area contributed by atoms with Crippen LogP contribution in [0.1, 0.15) is 38.5 Å². The summed E-state index contributed by atoms with van der Waals surface area (Å²) in [4.78, 5) is 0. The highest BCUT2D eigenvalue weighted by molar-refractivity contribution is 5.86. The standard InChI is InChI=1S/2C5H10O.4ClH/c2*1-2-4-6-5-3-1;;;;/h2*1-5H2;4*1H. The lowest BCUT2D eigenvalue weighted by atomic mass is 10.2. The lowest BCUT2D eigenvalue weighted by Crippen LogP contribution is -2.03. The van der Waals surface area contributed by atoms with Crippen LogP contribution in [0.3, 0.4) is 0 Å². The summed E-state index contributed by atoms with van der Waals surface area (Å²) in [6, 6.07) is 0. The van der Waals surface area contributed by atoms with Gasteiger partial charge in [0.2, 0.25) is 0 Å². The minimum absolute atomic E-state index is 0. The first-order valence-corrected chi connectivity index (χ1v) is 5.15. The fourth-order valence-electron chi connectivity index (χ4n) is 1.37. The van der Waals surface area contributed by atoms with Gasteiger partial charge in [-0.15, -0.1) is 49.6 Å². The first kappa shape index (κ1) is 25.8. The highest BCUT2D eigenvalue weighted by Crippen LogP contribution is 2.02. The molecule has 0 aromatic rings. The molecule has 2 heterocycles. The second-order valence-electron chi connectivity index (χ2n) is 3.35. The fraction of sp³-hybridized carbons (Fsp3) is 1.00. The third-order valence-corrected chi connectivity index (χ3v) is 2.15. The molecule has 2 fully saturated rings. The highest BCUT2D eigenvalue weighted by atomic mass is 35.5. The summed E-state index contributed by atoms with van der Waals surface area (Å²) in [6.07, 6.45) is 7.86. The van der Waals surface area contributed by atoms with Crippen molar-refractivity contribution < 1.29 is 9.47 Å². The Bertz CT molecular complexity index is 63.8. The molecule has 6 heteroatoms.